The summed E-state index contributed by atoms with van der Waals surface area (Å²) in [6.45, 7) is 6.19. The number of rotatable bonds is 6. The van der Waals surface area contributed by atoms with Crippen LogP contribution in [0.5, 0.6) is 0 Å². The molecule has 1 aromatic carbocycles. The van der Waals surface area contributed by atoms with Crippen molar-refractivity contribution in [3.63, 3.8) is 0 Å². The van der Waals surface area contributed by atoms with Crippen molar-refractivity contribution < 1.29 is 18.4 Å². The Bertz CT molecular complexity index is 1040. The predicted octanol–water partition coefficient (Wildman–Crippen LogP) is 3.82. The van der Waals surface area contributed by atoms with Crippen LogP contribution in [0.2, 0.25) is 0 Å². The summed E-state index contributed by atoms with van der Waals surface area (Å²) in [7, 11) is 0. The van der Waals surface area contributed by atoms with Gasteiger partial charge in [0.15, 0.2) is 0 Å². The Balaban J connectivity index is 1.50. The molecule has 1 fully saturated rings. The second-order valence-electron chi connectivity index (χ2n) is 7.33. The number of nitrogens with zero attached hydrogens (tertiary/aromatic N) is 5. The first-order chi connectivity index (χ1) is 14.4. The lowest BCUT2D eigenvalue weighted by Crippen LogP contribution is -2.37. The third-order valence-electron chi connectivity index (χ3n) is 4.82. The number of hydrogen-bond acceptors (Lipinski definition) is 8. The fourth-order valence-electron chi connectivity index (χ4n) is 3.13. The van der Waals surface area contributed by atoms with Crippen molar-refractivity contribution in [2.45, 2.75) is 32.9 Å². The molecule has 0 bridgehead atoms. The molecule has 1 aliphatic rings. The number of benzene rings is 1. The minimum absolute atomic E-state index is 0.0909. The second kappa shape index (κ2) is 8.05. The van der Waals surface area contributed by atoms with Crippen LogP contribution in [0, 0.1) is 11.7 Å². The van der Waals surface area contributed by atoms with Gasteiger partial charge in [0.25, 0.3) is 0 Å². The lowest BCUT2D eigenvalue weighted by molar-refractivity contribution is 0.177. The highest BCUT2D eigenvalue weighted by Crippen LogP contribution is 2.27. The van der Waals surface area contributed by atoms with Crippen molar-refractivity contribution >= 4 is 17.9 Å². The van der Waals surface area contributed by atoms with Gasteiger partial charge in [-0.2, -0.15) is 9.97 Å². The van der Waals surface area contributed by atoms with Crippen LogP contribution in [0.25, 0.3) is 11.4 Å². The molecule has 1 aliphatic heterocycles. The van der Waals surface area contributed by atoms with E-state index in [1.165, 1.54) is 12.1 Å². The Hall–Kier alpha value is -3.56. The molecule has 30 heavy (non-hydrogen) atoms. The zero-order chi connectivity index (χ0) is 21.3. The van der Waals surface area contributed by atoms with Crippen LogP contribution in [-0.2, 0) is 4.74 Å². The number of anilines is 2. The molecule has 0 spiro atoms. The molecule has 156 valence electrons. The molecule has 3 heterocycles. The van der Waals surface area contributed by atoms with Crippen molar-refractivity contribution in [3.05, 3.63) is 48.2 Å². The average molecular weight is 412 g/mol. The standard InChI is InChI=1S/C20H21FN6O3/c1-11(2)15-10-29-20(28)27(15)16-8-9-22-19(24-16)23-12(3)18-25-17(26-30-18)13-4-6-14(21)7-5-13/h4-9,11-12,15H,10H2,1-3H3,(H,22,23,24)/t12?,15-/m1/s1. The van der Waals surface area contributed by atoms with Crippen molar-refractivity contribution in [2.24, 2.45) is 5.92 Å². The van der Waals surface area contributed by atoms with E-state index in [1.54, 1.807) is 29.3 Å². The Labute approximate surface area is 172 Å². The first-order valence-corrected chi connectivity index (χ1v) is 9.57. The number of nitrogens with one attached hydrogen (secondary N) is 1. The van der Waals surface area contributed by atoms with E-state index in [4.69, 9.17) is 9.26 Å². The van der Waals surface area contributed by atoms with Gasteiger partial charge in [-0.05, 0) is 43.2 Å². The molecule has 0 aliphatic carbocycles. The number of halogens is 1. The van der Waals surface area contributed by atoms with Gasteiger partial charge < -0.3 is 14.6 Å². The average Bonchev–Trinajstić information content (AvgIpc) is 3.36. The maximum Gasteiger partial charge on any atom is 0.415 e. The molecule has 1 unspecified atom stereocenters. The topological polar surface area (TPSA) is 106 Å². The first-order valence-electron chi connectivity index (χ1n) is 9.57. The summed E-state index contributed by atoms with van der Waals surface area (Å²) in [5.74, 6) is 1.32. The third kappa shape index (κ3) is 3.93. The van der Waals surface area contributed by atoms with E-state index in [1.807, 2.05) is 20.8 Å². The van der Waals surface area contributed by atoms with E-state index >= 15 is 0 Å². The Morgan fingerprint density at radius 2 is 1.93 bits per heavy atom. The monoisotopic (exact) mass is 412 g/mol. The minimum Gasteiger partial charge on any atom is -0.447 e. The number of carbonyl (C=O) groups excluding carboxylic acids is 1. The second-order valence-corrected chi connectivity index (χ2v) is 7.33. The lowest BCUT2D eigenvalue weighted by Gasteiger charge is -2.23. The largest absolute Gasteiger partial charge is 0.447 e. The van der Waals surface area contributed by atoms with Crippen molar-refractivity contribution in [1.29, 1.82) is 0 Å². The van der Waals surface area contributed by atoms with Crippen LogP contribution in [0.4, 0.5) is 21.0 Å². The molecule has 0 saturated carbocycles. The SMILES string of the molecule is CC(Nc1nccc(N2C(=O)OC[C@@H]2C(C)C)n1)c1nc(-c2ccc(F)cc2)no1. The van der Waals surface area contributed by atoms with Gasteiger partial charge in [0.05, 0.1) is 6.04 Å². The van der Waals surface area contributed by atoms with Gasteiger partial charge in [0.1, 0.15) is 24.3 Å². The molecule has 1 N–H and O–H groups in total. The number of aromatic nitrogens is 4. The molecular weight excluding hydrogens is 391 g/mol. The van der Waals surface area contributed by atoms with Crippen LogP contribution in [-0.4, -0.2) is 38.9 Å². The van der Waals surface area contributed by atoms with E-state index in [2.05, 4.69) is 25.4 Å². The van der Waals surface area contributed by atoms with Crippen LogP contribution < -0.4 is 10.2 Å². The van der Waals surface area contributed by atoms with E-state index in [0.717, 1.165) is 0 Å². The Morgan fingerprint density at radius 1 is 1.17 bits per heavy atom. The Kier molecular flexibility index (Phi) is 5.30. The summed E-state index contributed by atoms with van der Waals surface area (Å²) in [6, 6.07) is 7.00. The van der Waals surface area contributed by atoms with Crippen LogP contribution in [0.15, 0.2) is 41.1 Å². The van der Waals surface area contributed by atoms with Gasteiger partial charge in [0, 0.05) is 11.8 Å². The molecule has 4 rings (SSSR count). The zero-order valence-electron chi connectivity index (χ0n) is 16.7. The van der Waals surface area contributed by atoms with E-state index < -0.39 is 12.1 Å². The number of hydrogen-bond donors (Lipinski definition) is 1. The van der Waals surface area contributed by atoms with Gasteiger partial charge >= 0.3 is 6.09 Å². The number of carbonyl (C=O) groups is 1. The van der Waals surface area contributed by atoms with Gasteiger partial charge in [0.2, 0.25) is 17.7 Å². The summed E-state index contributed by atoms with van der Waals surface area (Å²) < 4.78 is 23.6. The molecular formula is C20H21FN6O3. The summed E-state index contributed by atoms with van der Waals surface area (Å²) in [5, 5.41) is 7.04. The third-order valence-corrected chi connectivity index (χ3v) is 4.82. The van der Waals surface area contributed by atoms with Gasteiger partial charge in [-0.25, -0.2) is 14.2 Å². The Morgan fingerprint density at radius 3 is 2.67 bits per heavy atom. The molecule has 1 saturated heterocycles. The predicted molar refractivity (Wildman–Crippen MR) is 106 cm³/mol. The molecule has 9 nitrogen and oxygen atoms in total. The van der Waals surface area contributed by atoms with E-state index in [-0.39, 0.29) is 17.8 Å². The number of ether oxygens (including phenoxy) is 1. The zero-order valence-corrected chi connectivity index (χ0v) is 16.7. The first kappa shape index (κ1) is 19.7. The highest BCUT2D eigenvalue weighted by atomic mass is 19.1. The van der Waals surface area contributed by atoms with Gasteiger partial charge in [-0.3, -0.25) is 4.90 Å². The van der Waals surface area contributed by atoms with E-state index in [0.29, 0.717) is 35.7 Å². The van der Waals surface area contributed by atoms with Crippen molar-refractivity contribution in [3.8, 4) is 11.4 Å². The summed E-state index contributed by atoms with van der Waals surface area (Å²) in [5.41, 5.74) is 0.643. The summed E-state index contributed by atoms with van der Waals surface area (Å²) >= 11 is 0. The normalized spacial score (nSPS) is 17.3. The molecule has 10 heteroatoms. The highest BCUT2D eigenvalue weighted by Gasteiger charge is 2.37. The molecule has 3 aromatic rings. The quantitative estimate of drug-likeness (QED) is 0.651. The maximum absolute atomic E-state index is 13.1. The smallest absolute Gasteiger partial charge is 0.415 e. The van der Waals surface area contributed by atoms with Crippen molar-refractivity contribution in [2.75, 3.05) is 16.8 Å². The number of cyclic esters (lactones) is 1. The summed E-state index contributed by atoms with van der Waals surface area (Å²) in [4.78, 5) is 26.7. The lowest BCUT2D eigenvalue weighted by atomic mass is 10.0. The van der Waals surface area contributed by atoms with Crippen LogP contribution >= 0.6 is 0 Å². The maximum atomic E-state index is 13.1. The van der Waals surface area contributed by atoms with Crippen molar-refractivity contribution in [1.82, 2.24) is 20.1 Å². The molecule has 1 amide bonds. The van der Waals surface area contributed by atoms with Gasteiger partial charge in [-0.15, -0.1) is 0 Å². The number of amides is 1. The molecule has 2 atom stereocenters. The van der Waals surface area contributed by atoms with Crippen LogP contribution in [0.3, 0.4) is 0 Å². The molecule has 2 aromatic heterocycles. The summed E-state index contributed by atoms with van der Waals surface area (Å²) in [6.07, 6.45) is 1.14. The molecule has 0 radical (unpaired) electrons. The van der Waals surface area contributed by atoms with Gasteiger partial charge in [-0.1, -0.05) is 19.0 Å². The fourth-order valence-corrected chi connectivity index (χ4v) is 3.13. The minimum atomic E-state index is -0.424. The van der Waals surface area contributed by atoms with Crippen LogP contribution in [0.1, 0.15) is 32.7 Å². The van der Waals surface area contributed by atoms with E-state index in [9.17, 15) is 9.18 Å². The highest BCUT2D eigenvalue weighted by molar-refractivity contribution is 5.89. The fraction of sp³-hybridized carbons (Fsp3) is 0.350.